The van der Waals surface area contributed by atoms with Crippen molar-refractivity contribution in [3.8, 4) is 28.0 Å². The summed E-state index contributed by atoms with van der Waals surface area (Å²) in [4.78, 5) is 0. The molecule has 4 heteroatoms. The van der Waals surface area contributed by atoms with Crippen LogP contribution in [0.1, 0.15) is 16.7 Å². The predicted octanol–water partition coefficient (Wildman–Crippen LogP) is 11.7. The summed E-state index contributed by atoms with van der Waals surface area (Å²) in [5.74, 6) is 0.733. The van der Waals surface area contributed by atoms with E-state index in [1.165, 1.54) is 22.1 Å². The quantitative estimate of drug-likeness (QED) is 0.159. The van der Waals surface area contributed by atoms with Gasteiger partial charge in [0.25, 0.3) is 0 Å². The van der Waals surface area contributed by atoms with Crippen LogP contribution in [0, 0.1) is 20.8 Å². The number of methoxy groups -OCH3 is 1. The van der Waals surface area contributed by atoms with Gasteiger partial charge in [0.2, 0.25) is 0 Å². The van der Waals surface area contributed by atoms with E-state index in [2.05, 4.69) is 165 Å². The molecule has 0 spiro atoms. The fraction of sp³-hybridized carbons (Fsp3) is 0.116. The molecule has 0 heterocycles. The third-order valence-corrected chi connectivity index (χ3v) is 8.72. The van der Waals surface area contributed by atoms with Crippen LogP contribution >= 0.6 is 0 Å². The Bertz CT molecular complexity index is 2200. The molecule has 0 saturated carbocycles. The van der Waals surface area contributed by atoms with E-state index in [9.17, 15) is 0 Å². The normalized spacial score (nSPS) is 11.1. The maximum Gasteiger partial charge on any atom is 0.188 e. The third kappa shape index (κ3) is 5.92. The molecule has 0 unspecified atom stereocenters. The molecule has 0 aliphatic heterocycles. The third-order valence-electron chi connectivity index (χ3n) is 8.72. The summed E-state index contributed by atoms with van der Waals surface area (Å²) in [6.45, 7) is 6.54. The second kappa shape index (κ2) is 13.0. The average molecular weight is 615 g/mol. The van der Waals surface area contributed by atoms with Gasteiger partial charge >= 0.3 is 0 Å². The van der Waals surface area contributed by atoms with Crippen molar-refractivity contribution in [2.75, 3.05) is 24.5 Å². The number of anilines is 4. The van der Waals surface area contributed by atoms with E-state index in [0.717, 1.165) is 66.9 Å². The summed E-state index contributed by atoms with van der Waals surface area (Å²) >= 11 is 0. The van der Waals surface area contributed by atoms with E-state index in [0.29, 0.717) is 0 Å². The summed E-state index contributed by atoms with van der Waals surface area (Å²) in [5.41, 5.74) is 12.0. The Morgan fingerprint density at radius 2 is 1.13 bits per heavy atom. The number of hydrogen-bond donors (Lipinski definition) is 2. The fourth-order valence-corrected chi connectivity index (χ4v) is 6.69. The summed E-state index contributed by atoms with van der Waals surface area (Å²) < 4.78 is 12.1. The summed E-state index contributed by atoms with van der Waals surface area (Å²) in [5, 5.41) is 12.1. The van der Waals surface area contributed by atoms with Crippen molar-refractivity contribution >= 4 is 44.3 Å². The van der Waals surface area contributed by atoms with E-state index in [1.807, 2.05) is 0 Å². The number of para-hydroxylation sites is 2. The molecule has 232 valence electrons. The van der Waals surface area contributed by atoms with Crippen LogP contribution < -0.4 is 15.4 Å². The van der Waals surface area contributed by atoms with Gasteiger partial charge in [-0.1, -0.05) is 121 Å². The molecule has 0 aliphatic carbocycles. The maximum atomic E-state index is 6.60. The lowest BCUT2D eigenvalue weighted by atomic mass is 9.86. The van der Waals surface area contributed by atoms with Crippen LogP contribution in [0.15, 0.2) is 133 Å². The van der Waals surface area contributed by atoms with E-state index in [-0.39, 0.29) is 6.79 Å². The SMILES string of the molecule is COCOc1c(Nc2ccccc2Nc2c(C)cc(C)cc2C)cc2ccccc2c1-c1c(-c2ccccc2)ccc2ccccc12. The number of fused-ring (bicyclic) bond motifs is 2. The van der Waals surface area contributed by atoms with Crippen molar-refractivity contribution in [1.29, 1.82) is 0 Å². The van der Waals surface area contributed by atoms with Gasteiger partial charge in [-0.05, 0) is 82.8 Å². The molecule has 4 nitrogen and oxygen atoms in total. The lowest BCUT2D eigenvalue weighted by molar-refractivity contribution is 0.0521. The first-order chi connectivity index (χ1) is 23.0. The van der Waals surface area contributed by atoms with Gasteiger partial charge in [-0.3, -0.25) is 0 Å². The first kappa shape index (κ1) is 30.1. The number of aryl methyl sites for hydroxylation is 3. The minimum atomic E-state index is 0.104. The number of benzene rings is 7. The maximum absolute atomic E-state index is 6.60. The molecule has 0 atom stereocenters. The molecule has 7 rings (SSSR count). The van der Waals surface area contributed by atoms with E-state index < -0.39 is 0 Å². The van der Waals surface area contributed by atoms with Crippen LogP contribution in [0.4, 0.5) is 22.7 Å². The number of nitrogens with one attached hydrogen (secondary N) is 2. The van der Waals surface area contributed by atoms with Crippen molar-refractivity contribution in [2.24, 2.45) is 0 Å². The molecule has 0 saturated heterocycles. The van der Waals surface area contributed by atoms with Crippen molar-refractivity contribution in [2.45, 2.75) is 20.8 Å². The Morgan fingerprint density at radius 3 is 1.83 bits per heavy atom. The van der Waals surface area contributed by atoms with Gasteiger partial charge in [0, 0.05) is 23.9 Å². The minimum Gasteiger partial charge on any atom is -0.465 e. The Kier molecular flexibility index (Phi) is 8.35. The molecule has 7 aromatic rings. The highest BCUT2D eigenvalue weighted by Gasteiger charge is 2.23. The van der Waals surface area contributed by atoms with Crippen LogP contribution in [0.5, 0.6) is 5.75 Å². The van der Waals surface area contributed by atoms with Crippen LogP contribution in [0.25, 0.3) is 43.8 Å². The van der Waals surface area contributed by atoms with E-state index in [4.69, 9.17) is 9.47 Å². The van der Waals surface area contributed by atoms with Gasteiger partial charge in [0.05, 0.1) is 17.1 Å². The molecule has 0 aliphatic rings. The van der Waals surface area contributed by atoms with Gasteiger partial charge < -0.3 is 20.1 Å². The number of ether oxygens (including phenoxy) is 2. The van der Waals surface area contributed by atoms with Crippen molar-refractivity contribution in [3.05, 3.63) is 150 Å². The fourth-order valence-electron chi connectivity index (χ4n) is 6.69. The molecular formula is C43H38N2O2. The lowest BCUT2D eigenvalue weighted by Crippen LogP contribution is -2.06. The zero-order valence-electron chi connectivity index (χ0n) is 27.2. The largest absolute Gasteiger partial charge is 0.465 e. The van der Waals surface area contributed by atoms with E-state index >= 15 is 0 Å². The first-order valence-corrected chi connectivity index (χ1v) is 16.0. The molecule has 0 bridgehead atoms. The molecule has 0 amide bonds. The lowest BCUT2D eigenvalue weighted by Gasteiger charge is -2.23. The van der Waals surface area contributed by atoms with Crippen LogP contribution in [-0.2, 0) is 4.74 Å². The molecular weight excluding hydrogens is 576 g/mol. The minimum absolute atomic E-state index is 0.104. The summed E-state index contributed by atoms with van der Waals surface area (Å²) in [6.07, 6.45) is 0. The van der Waals surface area contributed by atoms with Crippen LogP contribution in [-0.4, -0.2) is 13.9 Å². The smallest absolute Gasteiger partial charge is 0.188 e. The zero-order chi connectivity index (χ0) is 32.3. The topological polar surface area (TPSA) is 42.5 Å². The molecule has 0 aromatic heterocycles. The van der Waals surface area contributed by atoms with E-state index in [1.54, 1.807) is 7.11 Å². The first-order valence-electron chi connectivity index (χ1n) is 16.0. The molecule has 0 fully saturated rings. The van der Waals surface area contributed by atoms with Gasteiger partial charge in [0.1, 0.15) is 0 Å². The monoisotopic (exact) mass is 614 g/mol. The van der Waals surface area contributed by atoms with Crippen molar-refractivity contribution in [1.82, 2.24) is 0 Å². The molecule has 0 radical (unpaired) electrons. The Labute approximate surface area is 276 Å². The highest BCUT2D eigenvalue weighted by Crippen LogP contribution is 2.49. The summed E-state index contributed by atoms with van der Waals surface area (Å²) in [7, 11) is 1.66. The number of rotatable bonds is 9. The average Bonchev–Trinajstić information content (AvgIpc) is 3.09. The molecule has 7 aromatic carbocycles. The molecule has 47 heavy (non-hydrogen) atoms. The highest BCUT2D eigenvalue weighted by molar-refractivity contribution is 6.14. The van der Waals surface area contributed by atoms with Gasteiger partial charge in [-0.15, -0.1) is 0 Å². The predicted molar refractivity (Wildman–Crippen MR) is 198 cm³/mol. The number of hydrogen-bond acceptors (Lipinski definition) is 4. The molecule has 2 N–H and O–H groups in total. The van der Waals surface area contributed by atoms with Gasteiger partial charge in [-0.25, -0.2) is 0 Å². The second-order valence-corrected chi connectivity index (χ2v) is 12.0. The van der Waals surface area contributed by atoms with Crippen molar-refractivity contribution < 1.29 is 9.47 Å². The van der Waals surface area contributed by atoms with Crippen LogP contribution in [0.3, 0.4) is 0 Å². The Morgan fingerprint density at radius 1 is 0.532 bits per heavy atom. The second-order valence-electron chi connectivity index (χ2n) is 12.0. The standard InChI is InChI=1S/C43H38N2O2/c1-28-24-29(2)42(30(3)25-28)45-38-21-13-12-20-37(38)44-39-26-33-17-9-11-19-35(33)41(43(39)47-27-46-4)40-34-18-10-8-16-32(34)22-23-36(40)31-14-6-5-7-15-31/h5-26,44-45H,27H2,1-4H3. The summed E-state index contributed by atoms with van der Waals surface area (Å²) in [6, 6.07) is 47.1. The Balaban J connectivity index is 1.48. The van der Waals surface area contributed by atoms with Crippen LogP contribution in [0.2, 0.25) is 0 Å². The van der Waals surface area contributed by atoms with Gasteiger partial charge in [0.15, 0.2) is 12.5 Å². The van der Waals surface area contributed by atoms with Crippen molar-refractivity contribution in [3.63, 3.8) is 0 Å². The zero-order valence-corrected chi connectivity index (χ0v) is 27.2. The van der Waals surface area contributed by atoms with Gasteiger partial charge in [-0.2, -0.15) is 0 Å². The highest BCUT2D eigenvalue weighted by atomic mass is 16.7. The Hall–Kier alpha value is -5.58.